The molecule has 0 saturated carbocycles. The van der Waals surface area contributed by atoms with Crippen molar-refractivity contribution in [3.8, 4) is 0 Å². The van der Waals surface area contributed by atoms with Gasteiger partial charge in [0.25, 0.3) is 5.91 Å². The second-order valence-electron chi connectivity index (χ2n) is 6.90. The lowest BCUT2D eigenvalue weighted by Gasteiger charge is -2.26. The summed E-state index contributed by atoms with van der Waals surface area (Å²) in [5.74, 6) is 1.18. The van der Waals surface area contributed by atoms with Gasteiger partial charge >= 0.3 is 0 Å². The first-order valence-electron chi connectivity index (χ1n) is 8.20. The zero-order chi connectivity index (χ0) is 16.3. The first kappa shape index (κ1) is 14.2. The maximum Gasteiger partial charge on any atom is 0.255 e. The van der Waals surface area contributed by atoms with E-state index in [0.29, 0.717) is 11.7 Å². The number of carbonyl (C=O) groups is 1. The molecule has 0 saturated heterocycles. The molecule has 0 radical (unpaired) electrons. The summed E-state index contributed by atoms with van der Waals surface area (Å²) in [6.45, 7) is 0. The molecule has 4 nitrogen and oxygen atoms in total. The number of nitrogens with zero attached hydrogens (tertiary/aromatic N) is 2. The Hall–Kier alpha value is -2.20. The van der Waals surface area contributed by atoms with Crippen molar-refractivity contribution < 1.29 is 4.79 Å². The number of hydrogen-bond acceptors (Lipinski definition) is 3. The molecule has 1 spiro atoms. The van der Waals surface area contributed by atoms with Gasteiger partial charge in [-0.05, 0) is 47.7 Å². The molecule has 24 heavy (non-hydrogen) atoms. The molecule has 1 amide bonds. The van der Waals surface area contributed by atoms with Crippen molar-refractivity contribution in [2.24, 2.45) is 21.3 Å². The van der Waals surface area contributed by atoms with Crippen LogP contribution in [0.2, 0.25) is 0 Å². The highest BCUT2D eigenvalue weighted by Gasteiger charge is 2.55. The summed E-state index contributed by atoms with van der Waals surface area (Å²) >= 11 is 5.96. The summed E-state index contributed by atoms with van der Waals surface area (Å²) in [5, 5.41) is 3.45. The molecule has 2 unspecified atom stereocenters. The maximum atomic E-state index is 12.7. The number of anilines is 1. The molecule has 120 valence electrons. The van der Waals surface area contributed by atoms with E-state index in [0.717, 1.165) is 24.1 Å². The largest absolute Gasteiger partial charge is 0.377 e. The number of amides is 1. The summed E-state index contributed by atoms with van der Waals surface area (Å²) < 4.78 is 0. The average Bonchev–Trinajstić information content (AvgIpc) is 3.10. The Labute approximate surface area is 145 Å². The van der Waals surface area contributed by atoms with Gasteiger partial charge < -0.3 is 5.32 Å². The third-order valence-corrected chi connectivity index (χ3v) is 5.84. The molecule has 3 aliphatic heterocycles. The number of aliphatic imine (C=N–C) groups is 2. The van der Waals surface area contributed by atoms with Crippen LogP contribution in [0.5, 0.6) is 0 Å². The van der Waals surface area contributed by atoms with E-state index in [1.165, 1.54) is 11.1 Å². The minimum Gasteiger partial charge on any atom is -0.377 e. The second-order valence-corrected chi connectivity index (χ2v) is 7.21. The van der Waals surface area contributed by atoms with Crippen LogP contribution in [0, 0.1) is 11.3 Å². The number of hydrogen-bond donors (Lipinski definition) is 1. The fourth-order valence-corrected chi connectivity index (χ4v) is 4.48. The number of nitrogens with one attached hydrogen (secondary N) is 1. The zero-order valence-electron chi connectivity index (χ0n) is 13.0. The Kier molecular flexibility index (Phi) is 2.89. The van der Waals surface area contributed by atoms with Gasteiger partial charge in [-0.25, -0.2) is 4.99 Å². The standard InChI is InChI=1S/C19H16ClN3O/c20-10-14-4-3-11-6-12-8-19(9-13(12)7-16(11)22-14)15-2-1-5-21-17(15)23-18(19)24/h1-7,14-15,22H,8-10H2/t14-,15?,19?/m0/s1. The Balaban J connectivity index is 1.54. The van der Waals surface area contributed by atoms with E-state index in [1.54, 1.807) is 6.21 Å². The summed E-state index contributed by atoms with van der Waals surface area (Å²) in [6.07, 6.45) is 11.4. The fourth-order valence-electron chi connectivity index (χ4n) is 4.30. The topological polar surface area (TPSA) is 53.8 Å². The molecule has 3 heterocycles. The fraction of sp³-hybridized carbons (Fsp3) is 0.316. The zero-order valence-corrected chi connectivity index (χ0v) is 13.8. The normalized spacial score (nSPS) is 31.7. The molecule has 1 N–H and O–H groups in total. The average molecular weight is 338 g/mol. The van der Waals surface area contributed by atoms with Crippen LogP contribution in [-0.2, 0) is 17.6 Å². The van der Waals surface area contributed by atoms with Crippen LogP contribution in [0.4, 0.5) is 5.69 Å². The van der Waals surface area contributed by atoms with Gasteiger partial charge in [0.2, 0.25) is 0 Å². The highest BCUT2D eigenvalue weighted by Crippen LogP contribution is 2.50. The molecule has 5 rings (SSSR count). The Morgan fingerprint density at radius 3 is 2.92 bits per heavy atom. The third-order valence-electron chi connectivity index (χ3n) is 5.51. The molecule has 3 atom stereocenters. The van der Waals surface area contributed by atoms with E-state index in [4.69, 9.17) is 11.6 Å². The Bertz CT molecular complexity index is 883. The molecule has 4 aliphatic rings. The lowest BCUT2D eigenvalue weighted by atomic mass is 9.73. The number of dihydropyridines is 1. The van der Waals surface area contributed by atoms with E-state index >= 15 is 0 Å². The molecule has 1 aromatic carbocycles. The molecule has 1 aromatic rings. The Morgan fingerprint density at radius 1 is 1.25 bits per heavy atom. The van der Waals surface area contributed by atoms with Crippen LogP contribution in [0.25, 0.3) is 6.08 Å². The van der Waals surface area contributed by atoms with Crippen molar-refractivity contribution in [1.82, 2.24) is 0 Å². The van der Waals surface area contributed by atoms with E-state index in [1.807, 2.05) is 6.08 Å². The number of halogens is 1. The first-order chi connectivity index (χ1) is 11.7. The monoisotopic (exact) mass is 337 g/mol. The predicted molar refractivity (Wildman–Crippen MR) is 97.0 cm³/mol. The van der Waals surface area contributed by atoms with Gasteiger partial charge in [0.15, 0.2) is 0 Å². The SMILES string of the molecule is O=C1N=C2N=CC=CC2C12Cc1cc3c(cc1C2)N[C@H](CCl)C=C3. The van der Waals surface area contributed by atoms with Gasteiger partial charge in [-0.15, -0.1) is 11.6 Å². The number of rotatable bonds is 1. The summed E-state index contributed by atoms with van der Waals surface area (Å²) in [7, 11) is 0. The Morgan fingerprint density at radius 2 is 2.08 bits per heavy atom. The van der Waals surface area contributed by atoms with E-state index in [2.05, 4.69) is 45.7 Å². The van der Waals surface area contributed by atoms with Crippen molar-refractivity contribution in [3.05, 3.63) is 47.1 Å². The maximum absolute atomic E-state index is 12.7. The van der Waals surface area contributed by atoms with Crippen molar-refractivity contribution >= 4 is 41.3 Å². The minimum absolute atomic E-state index is 0.00137. The smallest absolute Gasteiger partial charge is 0.255 e. The van der Waals surface area contributed by atoms with Crippen LogP contribution in [-0.4, -0.2) is 29.9 Å². The van der Waals surface area contributed by atoms with Crippen molar-refractivity contribution in [3.63, 3.8) is 0 Å². The summed E-state index contributed by atoms with van der Waals surface area (Å²) in [5.41, 5.74) is 4.26. The van der Waals surface area contributed by atoms with Gasteiger partial charge in [0.05, 0.1) is 17.4 Å². The molecular formula is C19H16ClN3O. The van der Waals surface area contributed by atoms with Gasteiger partial charge in [-0.3, -0.25) is 4.79 Å². The number of allylic oxidation sites excluding steroid dienone is 1. The van der Waals surface area contributed by atoms with Crippen LogP contribution < -0.4 is 5.32 Å². The number of alkyl halides is 1. The third kappa shape index (κ3) is 1.83. The first-order valence-corrected chi connectivity index (χ1v) is 8.73. The number of carbonyl (C=O) groups excluding carboxylic acids is 1. The minimum atomic E-state index is -0.481. The number of amidine groups is 1. The van der Waals surface area contributed by atoms with Gasteiger partial charge in [-0.2, -0.15) is 4.99 Å². The molecular weight excluding hydrogens is 322 g/mol. The van der Waals surface area contributed by atoms with Crippen LogP contribution in [0.15, 0.2) is 40.3 Å². The molecule has 0 aromatic heterocycles. The van der Waals surface area contributed by atoms with Crippen LogP contribution in [0.3, 0.4) is 0 Å². The number of fused-ring (bicyclic) bond motifs is 4. The highest BCUT2D eigenvalue weighted by molar-refractivity contribution is 6.18. The summed E-state index contributed by atoms with van der Waals surface area (Å²) in [4.78, 5) is 21.2. The second kappa shape index (κ2) is 4.90. The lowest BCUT2D eigenvalue weighted by molar-refractivity contribution is -0.126. The lowest BCUT2D eigenvalue weighted by Crippen LogP contribution is -2.36. The van der Waals surface area contributed by atoms with Gasteiger partial charge in [0, 0.05) is 17.8 Å². The van der Waals surface area contributed by atoms with Crippen molar-refractivity contribution in [2.75, 3.05) is 11.2 Å². The predicted octanol–water partition coefficient (Wildman–Crippen LogP) is 3.01. The molecule has 1 aliphatic carbocycles. The molecule has 0 bridgehead atoms. The van der Waals surface area contributed by atoms with Crippen molar-refractivity contribution in [1.29, 1.82) is 0 Å². The quantitative estimate of drug-likeness (QED) is 0.801. The van der Waals surface area contributed by atoms with E-state index < -0.39 is 5.41 Å². The van der Waals surface area contributed by atoms with E-state index in [-0.39, 0.29) is 17.9 Å². The van der Waals surface area contributed by atoms with Crippen LogP contribution in [0.1, 0.15) is 16.7 Å². The van der Waals surface area contributed by atoms with Crippen LogP contribution >= 0.6 is 11.6 Å². The van der Waals surface area contributed by atoms with Gasteiger partial charge in [0.1, 0.15) is 5.84 Å². The summed E-state index contributed by atoms with van der Waals surface area (Å²) in [6, 6.07) is 4.55. The van der Waals surface area contributed by atoms with E-state index in [9.17, 15) is 4.79 Å². The van der Waals surface area contributed by atoms with Gasteiger partial charge in [-0.1, -0.05) is 18.2 Å². The molecule has 0 fully saturated rings. The van der Waals surface area contributed by atoms with Crippen molar-refractivity contribution in [2.45, 2.75) is 18.9 Å². The molecule has 5 heteroatoms. The highest BCUT2D eigenvalue weighted by atomic mass is 35.5. The number of benzene rings is 1.